The Morgan fingerprint density at radius 3 is 2.59 bits per heavy atom. The van der Waals surface area contributed by atoms with Crippen LogP contribution in [0.15, 0.2) is 47.4 Å². The van der Waals surface area contributed by atoms with Crippen molar-refractivity contribution >= 4 is 56.0 Å². The van der Waals surface area contributed by atoms with E-state index < -0.39 is 0 Å². The maximum atomic E-state index is 13.0. The number of halogens is 1. The highest BCUT2D eigenvalue weighted by atomic mass is 35.5. The lowest BCUT2D eigenvalue weighted by Crippen LogP contribution is -2.36. The first-order valence-electron chi connectivity index (χ1n) is 9.64. The summed E-state index contributed by atoms with van der Waals surface area (Å²) in [5.41, 5.74) is 1.96. The first kappa shape index (κ1) is 22.1. The number of hydrogen-bond acceptors (Lipinski definition) is 5. The van der Waals surface area contributed by atoms with Crippen LogP contribution in [0.1, 0.15) is 18.4 Å². The summed E-state index contributed by atoms with van der Waals surface area (Å²) in [6, 6.07) is 14.2. The van der Waals surface area contributed by atoms with Crippen molar-refractivity contribution in [2.45, 2.75) is 24.7 Å². The molecule has 1 heterocycles. The van der Waals surface area contributed by atoms with Crippen molar-refractivity contribution in [2.24, 2.45) is 0 Å². The van der Waals surface area contributed by atoms with Gasteiger partial charge in [-0.1, -0.05) is 47.2 Å². The van der Waals surface area contributed by atoms with Crippen LogP contribution in [-0.2, 0) is 4.79 Å². The fourth-order valence-corrected chi connectivity index (χ4v) is 5.13. The molecule has 29 heavy (non-hydrogen) atoms. The Morgan fingerprint density at radius 2 is 1.90 bits per heavy atom. The van der Waals surface area contributed by atoms with Crippen LogP contribution in [0.5, 0.6) is 0 Å². The van der Waals surface area contributed by atoms with E-state index in [1.165, 1.54) is 16.2 Å². The Bertz CT molecular complexity index is 920. The van der Waals surface area contributed by atoms with E-state index in [4.69, 9.17) is 16.6 Å². The van der Waals surface area contributed by atoms with Gasteiger partial charge < -0.3 is 4.90 Å². The van der Waals surface area contributed by atoms with Crippen molar-refractivity contribution in [3.63, 3.8) is 0 Å². The molecule has 3 rings (SSSR count). The summed E-state index contributed by atoms with van der Waals surface area (Å²) in [6.45, 7) is 3.43. The van der Waals surface area contributed by atoms with Gasteiger partial charge in [0.1, 0.15) is 0 Å². The molecular weight excluding hydrogens is 422 g/mol. The Morgan fingerprint density at radius 1 is 1.14 bits per heavy atom. The van der Waals surface area contributed by atoms with Crippen LogP contribution in [0.4, 0.5) is 5.13 Å². The van der Waals surface area contributed by atoms with E-state index in [0.717, 1.165) is 39.6 Å². The lowest BCUT2D eigenvalue weighted by molar-refractivity contribution is -0.118. The number of likely N-dealkylation sites (N-methyl/N-ethyl adjacent to an activating group) is 1. The zero-order valence-electron chi connectivity index (χ0n) is 17.0. The first-order chi connectivity index (χ1) is 14.0. The Kier molecular flexibility index (Phi) is 7.95. The predicted molar refractivity (Wildman–Crippen MR) is 127 cm³/mol. The van der Waals surface area contributed by atoms with Gasteiger partial charge in [0, 0.05) is 24.4 Å². The molecule has 3 aromatic rings. The molecule has 0 atom stereocenters. The normalized spacial score (nSPS) is 11.3. The van der Waals surface area contributed by atoms with E-state index >= 15 is 0 Å². The fraction of sp³-hybridized carbons (Fsp3) is 0.364. The average molecular weight is 448 g/mol. The number of carbonyl (C=O) groups is 1. The maximum Gasteiger partial charge on any atom is 0.228 e. The standard InChI is InChI=1S/C22H26ClN3OS2/c1-16-11-12-18(23)21-20(16)24-22(29-21)26(14-13-25(2)3)19(27)10-7-15-28-17-8-5-4-6-9-17/h4-6,8-9,11-12H,7,10,13-15H2,1-3H3. The minimum absolute atomic E-state index is 0.119. The van der Waals surface area contributed by atoms with Crippen LogP contribution >= 0.6 is 34.7 Å². The van der Waals surface area contributed by atoms with E-state index in [1.807, 2.05) is 56.3 Å². The number of rotatable bonds is 9. The summed E-state index contributed by atoms with van der Waals surface area (Å²) < 4.78 is 0.948. The molecule has 0 fully saturated rings. The highest BCUT2D eigenvalue weighted by molar-refractivity contribution is 7.99. The lowest BCUT2D eigenvalue weighted by atomic mass is 10.2. The topological polar surface area (TPSA) is 36.4 Å². The van der Waals surface area contributed by atoms with Crippen LogP contribution < -0.4 is 4.90 Å². The second-order valence-corrected chi connectivity index (χ2v) is 9.71. The molecule has 1 amide bonds. The molecule has 0 bridgehead atoms. The monoisotopic (exact) mass is 447 g/mol. The fourth-order valence-electron chi connectivity index (χ4n) is 2.90. The molecule has 0 N–H and O–H groups in total. The number of anilines is 1. The number of nitrogens with zero attached hydrogens (tertiary/aromatic N) is 3. The third-order valence-corrected chi connectivity index (χ3v) is 7.17. The molecule has 4 nitrogen and oxygen atoms in total. The number of aryl methyl sites for hydroxylation is 1. The number of aromatic nitrogens is 1. The Labute approximate surface area is 185 Å². The summed E-state index contributed by atoms with van der Waals surface area (Å²) in [4.78, 5) is 23.0. The van der Waals surface area contributed by atoms with Gasteiger partial charge in [-0.3, -0.25) is 9.69 Å². The van der Waals surface area contributed by atoms with Crippen molar-refractivity contribution in [1.82, 2.24) is 9.88 Å². The van der Waals surface area contributed by atoms with Gasteiger partial charge in [-0.15, -0.1) is 11.8 Å². The summed E-state index contributed by atoms with van der Waals surface area (Å²) in [7, 11) is 4.02. The molecule has 0 saturated heterocycles. The smallest absolute Gasteiger partial charge is 0.228 e. The van der Waals surface area contributed by atoms with E-state index in [-0.39, 0.29) is 5.91 Å². The maximum absolute atomic E-state index is 13.0. The summed E-state index contributed by atoms with van der Waals surface area (Å²) in [6.07, 6.45) is 1.34. The molecule has 0 unspecified atom stereocenters. The average Bonchev–Trinajstić information content (AvgIpc) is 3.15. The number of hydrogen-bond donors (Lipinski definition) is 0. The van der Waals surface area contributed by atoms with Crippen molar-refractivity contribution < 1.29 is 4.79 Å². The zero-order valence-corrected chi connectivity index (χ0v) is 19.4. The summed E-state index contributed by atoms with van der Waals surface area (Å²) in [5, 5.41) is 1.42. The van der Waals surface area contributed by atoms with Gasteiger partial charge in [-0.25, -0.2) is 4.98 Å². The summed E-state index contributed by atoms with van der Waals surface area (Å²) in [5.74, 6) is 1.04. The predicted octanol–water partition coefficient (Wildman–Crippen LogP) is 5.73. The molecule has 0 aliphatic rings. The number of benzene rings is 2. The minimum atomic E-state index is 0.119. The largest absolute Gasteiger partial charge is 0.308 e. The highest BCUT2D eigenvalue weighted by Gasteiger charge is 2.21. The van der Waals surface area contributed by atoms with Gasteiger partial charge >= 0.3 is 0 Å². The highest BCUT2D eigenvalue weighted by Crippen LogP contribution is 2.36. The molecular formula is C22H26ClN3OS2. The van der Waals surface area contributed by atoms with Gasteiger partial charge in [0.2, 0.25) is 5.91 Å². The van der Waals surface area contributed by atoms with Crippen LogP contribution in [0.3, 0.4) is 0 Å². The van der Waals surface area contributed by atoms with E-state index in [1.54, 1.807) is 11.8 Å². The van der Waals surface area contributed by atoms with Crippen LogP contribution in [0, 0.1) is 6.92 Å². The molecule has 0 saturated carbocycles. The second-order valence-electron chi connectivity index (χ2n) is 7.15. The van der Waals surface area contributed by atoms with Gasteiger partial charge in [0.25, 0.3) is 0 Å². The molecule has 0 aliphatic carbocycles. The number of carbonyl (C=O) groups excluding carboxylic acids is 1. The molecule has 0 radical (unpaired) electrons. The van der Waals surface area contributed by atoms with Crippen molar-refractivity contribution in [1.29, 1.82) is 0 Å². The Balaban J connectivity index is 1.70. The molecule has 7 heteroatoms. The van der Waals surface area contributed by atoms with E-state index in [2.05, 4.69) is 17.0 Å². The van der Waals surface area contributed by atoms with Gasteiger partial charge in [0.05, 0.1) is 15.2 Å². The van der Waals surface area contributed by atoms with E-state index in [0.29, 0.717) is 18.0 Å². The number of thiazole rings is 1. The Hall–Kier alpha value is -1.60. The summed E-state index contributed by atoms with van der Waals surface area (Å²) >= 11 is 9.66. The second kappa shape index (κ2) is 10.4. The van der Waals surface area contributed by atoms with Crippen molar-refractivity contribution in [3.8, 4) is 0 Å². The van der Waals surface area contributed by atoms with Crippen molar-refractivity contribution in [2.75, 3.05) is 37.8 Å². The van der Waals surface area contributed by atoms with Crippen LogP contribution in [0.2, 0.25) is 5.02 Å². The SMILES string of the molecule is Cc1ccc(Cl)c2sc(N(CCN(C)C)C(=O)CCCSc3ccccc3)nc12. The molecule has 0 aliphatic heterocycles. The van der Waals surface area contributed by atoms with Gasteiger partial charge in [-0.2, -0.15) is 0 Å². The molecule has 1 aromatic heterocycles. The molecule has 0 spiro atoms. The third kappa shape index (κ3) is 5.95. The first-order valence-corrected chi connectivity index (χ1v) is 11.8. The zero-order chi connectivity index (χ0) is 20.8. The van der Waals surface area contributed by atoms with Crippen molar-refractivity contribution in [3.05, 3.63) is 53.1 Å². The van der Waals surface area contributed by atoms with E-state index in [9.17, 15) is 4.79 Å². The molecule has 154 valence electrons. The number of fused-ring (bicyclic) bond motifs is 1. The lowest BCUT2D eigenvalue weighted by Gasteiger charge is -2.22. The molecule has 2 aromatic carbocycles. The van der Waals surface area contributed by atoms with Crippen LogP contribution in [-0.4, -0.2) is 48.7 Å². The minimum Gasteiger partial charge on any atom is -0.308 e. The number of amides is 1. The quantitative estimate of drug-likeness (QED) is 0.310. The number of thioether (sulfide) groups is 1. The van der Waals surface area contributed by atoms with Gasteiger partial charge in [-0.05, 0) is 57.0 Å². The van der Waals surface area contributed by atoms with Gasteiger partial charge in [0.15, 0.2) is 5.13 Å². The van der Waals surface area contributed by atoms with Crippen LogP contribution in [0.25, 0.3) is 10.2 Å². The third-order valence-electron chi connectivity index (χ3n) is 4.54.